The number of carbonyl (C=O) groups excluding carboxylic acids is 1. The zero-order valence-electron chi connectivity index (χ0n) is 8.46. The molecule has 0 aliphatic heterocycles. The van der Waals surface area contributed by atoms with E-state index in [4.69, 9.17) is 0 Å². The molecule has 0 saturated carbocycles. The van der Waals surface area contributed by atoms with Gasteiger partial charge in [-0.2, -0.15) is 0 Å². The Morgan fingerprint density at radius 3 is 2.50 bits per heavy atom. The number of aliphatic imine (C=N–C) groups is 1. The first-order chi connectivity index (χ1) is 7.20. The van der Waals surface area contributed by atoms with Gasteiger partial charge in [0, 0.05) is 6.21 Å². The van der Waals surface area contributed by atoms with Crippen LogP contribution in [0.4, 0.5) is 0 Å². The molecular formula is C9H7ClKNO3Pt. The molecule has 0 fully saturated rings. The maximum Gasteiger partial charge on any atom is 1.00 e. The fourth-order valence-corrected chi connectivity index (χ4v) is 0.806. The molecule has 0 radical (unpaired) electrons. The summed E-state index contributed by atoms with van der Waals surface area (Å²) in [5.74, 6) is -1.44. The van der Waals surface area contributed by atoms with Gasteiger partial charge in [-0.3, -0.25) is 4.99 Å². The van der Waals surface area contributed by atoms with Crippen molar-refractivity contribution in [3.8, 4) is 5.75 Å². The Bertz CT molecular complexity index is 349. The fourth-order valence-electron chi connectivity index (χ4n) is 0.806. The number of rotatable bonds is 3. The number of hydrogen-bond acceptors (Lipinski definition) is 4. The van der Waals surface area contributed by atoms with Crippen molar-refractivity contribution >= 4 is 21.6 Å². The third-order valence-corrected chi connectivity index (χ3v) is 1.37. The zero-order valence-corrected chi connectivity index (χ0v) is 14.6. The smallest absolute Gasteiger partial charge is 1.00 e. The second kappa shape index (κ2) is 12.2. The van der Waals surface area contributed by atoms with Crippen LogP contribution in [-0.2, 0) is 23.6 Å². The summed E-state index contributed by atoms with van der Waals surface area (Å²) in [5.41, 5.74) is 0.378. The third kappa shape index (κ3) is 8.87. The van der Waals surface area contributed by atoms with Crippen molar-refractivity contribution in [1.82, 2.24) is 0 Å². The molecule has 0 aromatic heterocycles. The SMILES string of the molecule is O=C([O-])CN=Cc1ccccc1[O-].[Cl][Pt+].[K+]. The number of carboxylic acids is 1. The third-order valence-electron chi connectivity index (χ3n) is 1.37. The summed E-state index contributed by atoms with van der Waals surface area (Å²) in [6, 6.07) is 6.25. The van der Waals surface area contributed by atoms with E-state index in [1.807, 2.05) is 0 Å². The Morgan fingerprint density at radius 1 is 1.44 bits per heavy atom. The average molecular weight is 447 g/mol. The molecular weight excluding hydrogens is 440 g/mol. The standard InChI is InChI=1S/C9H9NO3.ClH.K.Pt/c11-8-4-2-1-3-7(8)5-10-6-9(12)13;;;/h1-5,11H,6H2,(H,12,13);1H;;/q;;+1;+2/p-3. The van der Waals surface area contributed by atoms with Crippen molar-refractivity contribution in [2.45, 2.75) is 0 Å². The Morgan fingerprint density at radius 2 is 2.00 bits per heavy atom. The van der Waals surface area contributed by atoms with E-state index in [0.717, 1.165) is 0 Å². The van der Waals surface area contributed by atoms with Gasteiger partial charge < -0.3 is 15.0 Å². The number of nitrogens with zero attached hydrogens (tertiary/aromatic N) is 1. The number of para-hydroxylation sites is 1. The molecule has 0 unspecified atom stereocenters. The summed E-state index contributed by atoms with van der Waals surface area (Å²) in [4.78, 5) is 13.5. The van der Waals surface area contributed by atoms with E-state index in [1.54, 1.807) is 37.0 Å². The quantitative estimate of drug-likeness (QED) is 0.359. The van der Waals surface area contributed by atoms with Crippen LogP contribution >= 0.6 is 9.42 Å². The van der Waals surface area contributed by atoms with E-state index < -0.39 is 12.5 Å². The molecule has 0 amide bonds. The van der Waals surface area contributed by atoms with E-state index >= 15 is 0 Å². The van der Waals surface area contributed by atoms with Gasteiger partial charge in [0.25, 0.3) is 0 Å². The van der Waals surface area contributed by atoms with Gasteiger partial charge in [-0.05, 0) is 5.56 Å². The van der Waals surface area contributed by atoms with Crippen molar-refractivity contribution in [1.29, 1.82) is 0 Å². The largest absolute Gasteiger partial charge is 1.00 e. The number of carboxylic acid groups (broad SMARTS) is 1. The molecule has 4 nitrogen and oxygen atoms in total. The van der Waals surface area contributed by atoms with Gasteiger partial charge >= 0.3 is 79.6 Å². The first-order valence-electron chi connectivity index (χ1n) is 3.78. The van der Waals surface area contributed by atoms with Crippen LogP contribution in [0.3, 0.4) is 0 Å². The molecule has 1 aromatic carbocycles. The average Bonchev–Trinajstić information content (AvgIpc) is 2.23. The van der Waals surface area contributed by atoms with E-state index in [-0.39, 0.29) is 57.1 Å². The van der Waals surface area contributed by atoms with Gasteiger partial charge in [-0.25, -0.2) is 0 Å². The van der Waals surface area contributed by atoms with Crippen molar-refractivity contribution in [3.63, 3.8) is 0 Å². The molecule has 1 rings (SSSR count). The van der Waals surface area contributed by atoms with Gasteiger partial charge in [-0.15, -0.1) is 5.75 Å². The summed E-state index contributed by atoms with van der Waals surface area (Å²) in [6.45, 7) is -0.422. The van der Waals surface area contributed by atoms with E-state index in [9.17, 15) is 15.0 Å². The minimum Gasteiger partial charge on any atom is 1.00 e. The minimum absolute atomic E-state index is 0. The van der Waals surface area contributed by atoms with Crippen molar-refractivity contribution in [2.75, 3.05) is 6.54 Å². The second-order valence-corrected chi connectivity index (χ2v) is 2.38. The van der Waals surface area contributed by atoms with Crippen molar-refractivity contribution in [3.05, 3.63) is 29.8 Å². The van der Waals surface area contributed by atoms with Gasteiger partial charge in [0.15, 0.2) is 0 Å². The molecule has 1 aromatic rings. The summed E-state index contributed by atoms with van der Waals surface area (Å²) >= 11 is 1.61. The molecule has 7 heteroatoms. The van der Waals surface area contributed by atoms with Crippen LogP contribution in [0.1, 0.15) is 5.56 Å². The van der Waals surface area contributed by atoms with Crippen LogP contribution in [0.5, 0.6) is 5.75 Å². The zero-order chi connectivity index (χ0) is 11.7. The van der Waals surface area contributed by atoms with E-state index in [1.165, 1.54) is 12.3 Å². The Labute approximate surface area is 151 Å². The molecule has 0 bridgehead atoms. The van der Waals surface area contributed by atoms with Crippen molar-refractivity contribution < 1.29 is 85.2 Å². The summed E-state index contributed by atoms with van der Waals surface area (Å²) in [6.07, 6.45) is 1.23. The monoisotopic (exact) mass is 446 g/mol. The molecule has 0 heterocycles. The molecule has 0 N–H and O–H groups in total. The first kappa shape index (κ1) is 19.1. The number of benzene rings is 1. The Kier molecular flexibility index (Phi) is 14.6. The molecule has 0 aliphatic rings. The number of hydrogen-bond donors (Lipinski definition) is 0. The fraction of sp³-hybridized carbons (Fsp3) is 0.111. The molecule has 0 spiro atoms. The first-order valence-corrected chi connectivity index (χ1v) is 6.59. The van der Waals surface area contributed by atoms with Crippen LogP contribution in [-0.4, -0.2) is 18.7 Å². The molecule has 16 heavy (non-hydrogen) atoms. The normalized spacial score (nSPS) is 8.94. The van der Waals surface area contributed by atoms with Crippen LogP contribution in [0.2, 0.25) is 0 Å². The van der Waals surface area contributed by atoms with Gasteiger partial charge in [-0.1, -0.05) is 24.3 Å². The Balaban J connectivity index is 0. The molecule has 0 saturated heterocycles. The molecule has 84 valence electrons. The predicted molar refractivity (Wildman–Crippen MR) is 49.2 cm³/mol. The van der Waals surface area contributed by atoms with Gasteiger partial charge in [0.2, 0.25) is 0 Å². The van der Waals surface area contributed by atoms with Crippen LogP contribution < -0.4 is 61.6 Å². The van der Waals surface area contributed by atoms with E-state index in [0.29, 0.717) is 5.56 Å². The van der Waals surface area contributed by atoms with Crippen LogP contribution in [0.15, 0.2) is 29.3 Å². The number of aliphatic carboxylic acids is 1. The van der Waals surface area contributed by atoms with Gasteiger partial charge in [0.1, 0.15) is 0 Å². The summed E-state index contributed by atoms with van der Waals surface area (Å²) in [7, 11) is 4.61. The van der Waals surface area contributed by atoms with E-state index in [2.05, 4.69) is 14.4 Å². The Hall–Kier alpha value is 0.775. The molecule has 0 atom stereocenters. The summed E-state index contributed by atoms with van der Waals surface area (Å²) < 4.78 is 0. The number of halogens is 1. The van der Waals surface area contributed by atoms with Gasteiger partial charge in [0.05, 0.1) is 12.5 Å². The summed E-state index contributed by atoms with van der Waals surface area (Å²) in [5, 5.41) is 21.0. The van der Waals surface area contributed by atoms with Crippen LogP contribution in [0.25, 0.3) is 0 Å². The maximum atomic E-state index is 11.0. The molecule has 0 aliphatic carbocycles. The number of carbonyl (C=O) groups is 1. The minimum atomic E-state index is -1.26. The topological polar surface area (TPSA) is 75.5 Å². The predicted octanol–water partition coefficient (Wildman–Crippen LogP) is -3.38. The second-order valence-electron chi connectivity index (χ2n) is 2.38. The van der Waals surface area contributed by atoms with Crippen LogP contribution in [0, 0.1) is 0 Å². The van der Waals surface area contributed by atoms with Crippen molar-refractivity contribution in [2.24, 2.45) is 4.99 Å². The maximum absolute atomic E-state index is 11.0.